The quantitative estimate of drug-likeness (QED) is 0.470. The normalized spacial score (nSPS) is 10.9. The van der Waals surface area contributed by atoms with E-state index >= 15 is 0 Å². The third-order valence-corrected chi connectivity index (χ3v) is 4.95. The molecule has 4 rings (SSSR count). The minimum Gasteiger partial charge on any atom is -0.494 e. The molecule has 0 saturated heterocycles. The Morgan fingerprint density at radius 3 is 2.52 bits per heavy atom. The molecular weight excluding hydrogens is 424 g/mol. The number of ether oxygens (including phenoxy) is 1. The number of rotatable bonds is 5. The van der Waals surface area contributed by atoms with E-state index in [1.165, 1.54) is 31.4 Å². The van der Waals surface area contributed by atoms with Gasteiger partial charge in [-0.15, -0.1) is 12.4 Å². The molecule has 0 saturated carbocycles. The average molecular weight is 446 g/mol. The first-order valence-corrected chi connectivity index (χ1v) is 9.55. The number of aryl methyl sites for hydroxylation is 2. The average Bonchev–Trinajstić information content (AvgIpc) is 3.04. The van der Waals surface area contributed by atoms with E-state index in [9.17, 15) is 8.78 Å². The summed E-state index contributed by atoms with van der Waals surface area (Å²) >= 11 is 0. The second kappa shape index (κ2) is 8.85. The maximum Gasteiger partial charge on any atom is 0.165 e. The van der Waals surface area contributed by atoms with Crippen molar-refractivity contribution in [1.29, 1.82) is 0 Å². The molecule has 0 fully saturated rings. The zero-order valence-corrected chi connectivity index (χ0v) is 18.1. The maximum atomic E-state index is 14.3. The number of hydrogen-bond acceptors (Lipinski definition) is 5. The molecule has 2 aromatic heterocycles. The number of halogens is 3. The zero-order chi connectivity index (χ0) is 21.4. The van der Waals surface area contributed by atoms with Crippen LogP contribution in [-0.4, -0.2) is 26.9 Å². The standard InChI is InChI=1S/C22H21F2N5O.ClH/c1-4-5-17-19-20(29(2)28-17)21(25)27-22(26-19)14-8-7-13(23)11-15(14)12-6-9-18(30-3)16(24)10-12;/h6-11H,4-5H2,1-3H3,(H2,25,26,27);1H. The highest BCUT2D eigenvalue weighted by molar-refractivity contribution is 5.90. The van der Waals surface area contributed by atoms with Gasteiger partial charge in [0.1, 0.15) is 16.9 Å². The summed E-state index contributed by atoms with van der Waals surface area (Å²) in [6.45, 7) is 2.06. The van der Waals surface area contributed by atoms with Gasteiger partial charge in [0.05, 0.1) is 12.8 Å². The van der Waals surface area contributed by atoms with Crippen LogP contribution in [0.25, 0.3) is 33.5 Å². The van der Waals surface area contributed by atoms with Crippen LogP contribution in [0, 0.1) is 11.6 Å². The first kappa shape index (κ1) is 22.4. The van der Waals surface area contributed by atoms with Gasteiger partial charge in [-0.1, -0.05) is 19.4 Å². The fourth-order valence-corrected chi connectivity index (χ4v) is 3.58. The smallest absolute Gasteiger partial charge is 0.165 e. The van der Waals surface area contributed by atoms with Crippen LogP contribution in [0.4, 0.5) is 14.6 Å². The predicted molar refractivity (Wildman–Crippen MR) is 119 cm³/mol. The van der Waals surface area contributed by atoms with Crippen molar-refractivity contribution >= 4 is 29.3 Å². The van der Waals surface area contributed by atoms with Crippen molar-refractivity contribution in [2.75, 3.05) is 12.8 Å². The molecule has 0 aliphatic carbocycles. The van der Waals surface area contributed by atoms with Crippen LogP contribution in [0.1, 0.15) is 19.0 Å². The number of hydrogen-bond donors (Lipinski definition) is 1. The lowest BCUT2D eigenvalue weighted by molar-refractivity contribution is 0.386. The monoisotopic (exact) mass is 445 g/mol. The van der Waals surface area contributed by atoms with E-state index in [1.54, 1.807) is 23.9 Å². The number of fused-ring (bicyclic) bond motifs is 1. The van der Waals surface area contributed by atoms with Crippen molar-refractivity contribution in [1.82, 2.24) is 19.7 Å². The molecule has 2 N–H and O–H groups in total. The Hall–Kier alpha value is -3.26. The molecular formula is C22H22ClF2N5O. The van der Waals surface area contributed by atoms with Gasteiger partial charge >= 0.3 is 0 Å². The van der Waals surface area contributed by atoms with Crippen LogP contribution in [0.15, 0.2) is 36.4 Å². The minimum absolute atomic E-state index is 0. The van der Waals surface area contributed by atoms with E-state index in [0.29, 0.717) is 33.5 Å². The van der Waals surface area contributed by atoms with Crippen LogP contribution in [0.3, 0.4) is 0 Å². The van der Waals surface area contributed by atoms with Crippen LogP contribution in [-0.2, 0) is 13.5 Å². The number of nitrogens with two attached hydrogens (primary N) is 1. The molecule has 162 valence electrons. The van der Waals surface area contributed by atoms with Crippen LogP contribution < -0.4 is 10.5 Å². The lowest BCUT2D eigenvalue weighted by Crippen LogP contribution is -2.01. The van der Waals surface area contributed by atoms with E-state index in [0.717, 1.165) is 18.5 Å². The Morgan fingerprint density at radius 1 is 1.06 bits per heavy atom. The van der Waals surface area contributed by atoms with E-state index in [2.05, 4.69) is 17.0 Å². The summed E-state index contributed by atoms with van der Waals surface area (Å²) < 4.78 is 35.0. The summed E-state index contributed by atoms with van der Waals surface area (Å²) in [6.07, 6.45) is 1.64. The van der Waals surface area contributed by atoms with Gasteiger partial charge in [-0.25, -0.2) is 18.7 Å². The van der Waals surface area contributed by atoms with Gasteiger partial charge in [0.15, 0.2) is 23.2 Å². The Balaban J connectivity index is 0.00000272. The third kappa shape index (κ3) is 4.03. The second-order valence-corrected chi connectivity index (χ2v) is 6.99. The molecule has 4 aromatic rings. The molecule has 0 aliphatic rings. The number of aromatic nitrogens is 4. The maximum absolute atomic E-state index is 14.3. The fraction of sp³-hybridized carbons (Fsp3) is 0.227. The summed E-state index contributed by atoms with van der Waals surface area (Å²) in [5.41, 5.74) is 9.84. The predicted octanol–water partition coefficient (Wildman–Crippen LogP) is 4.94. The van der Waals surface area contributed by atoms with Gasteiger partial charge in [-0.3, -0.25) is 4.68 Å². The SMILES string of the molecule is CCCc1nn(C)c2c(N)nc(-c3ccc(F)cc3-c3ccc(OC)c(F)c3)nc12.Cl. The van der Waals surface area contributed by atoms with Crippen molar-refractivity contribution in [2.24, 2.45) is 7.05 Å². The van der Waals surface area contributed by atoms with Gasteiger partial charge < -0.3 is 10.5 Å². The molecule has 0 radical (unpaired) electrons. The fourth-order valence-electron chi connectivity index (χ4n) is 3.58. The highest BCUT2D eigenvalue weighted by atomic mass is 35.5. The van der Waals surface area contributed by atoms with Crippen LogP contribution in [0.2, 0.25) is 0 Å². The molecule has 6 nitrogen and oxygen atoms in total. The minimum atomic E-state index is -0.543. The van der Waals surface area contributed by atoms with E-state index in [4.69, 9.17) is 15.5 Å². The molecule has 0 amide bonds. The van der Waals surface area contributed by atoms with Gasteiger partial charge in [-0.05, 0) is 47.9 Å². The molecule has 0 aliphatic heterocycles. The summed E-state index contributed by atoms with van der Waals surface area (Å²) in [6, 6.07) is 8.68. The molecule has 0 bridgehead atoms. The van der Waals surface area contributed by atoms with Crippen molar-refractivity contribution in [3.05, 3.63) is 53.7 Å². The van der Waals surface area contributed by atoms with Gasteiger partial charge in [-0.2, -0.15) is 5.10 Å². The molecule has 0 spiro atoms. The summed E-state index contributed by atoms with van der Waals surface area (Å²) in [5, 5.41) is 4.51. The summed E-state index contributed by atoms with van der Waals surface area (Å²) in [5.74, 6) is -0.274. The largest absolute Gasteiger partial charge is 0.494 e. The first-order valence-electron chi connectivity index (χ1n) is 9.55. The highest BCUT2D eigenvalue weighted by Crippen LogP contribution is 2.35. The number of nitrogen functional groups attached to an aromatic ring is 1. The summed E-state index contributed by atoms with van der Waals surface area (Å²) in [4.78, 5) is 9.15. The van der Waals surface area contributed by atoms with E-state index in [1.807, 2.05) is 0 Å². The topological polar surface area (TPSA) is 78.9 Å². The Kier molecular flexibility index (Phi) is 6.40. The van der Waals surface area contributed by atoms with Crippen molar-refractivity contribution < 1.29 is 13.5 Å². The van der Waals surface area contributed by atoms with Crippen molar-refractivity contribution in [3.63, 3.8) is 0 Å². The van der Waals surface area contributed by atoms with Gasteiger partial charge in [0.2, 0.25) is 0 Å². The Morgan fingerprint density at radius 2 is 1.84 bits per heavy atom. The zero-order valence-electron chi connectivity index (χ0n) is 17.3. The lowest BCUT2D eigenvalue weighted by Gasteiger charge is -2.12. The first-order chi connectivity index (χ1) is 14.4. The second-order valence-electron chi connectivity index (χ2n) is 6.99. The molecule has 9 heteroatoms. The van der Waals surface area contributed by atoms with Gasteiger partial charge in [0.25, 0.3) is 0 Å². The summed E-state index contributed by atoms with van der Waals surface area (Å²) in [7, 11) is 3.18. The van der Waals surface area contributed by atoms with E-state index < -0.39 is 11.6 Å². The Labute approximate surface area is 184 Å². The molecule has 31 heavy (non-hydrogen) atoms. The lowest BCUT2D eigenvalue weighted by atomic mass is 9.98. The van der Waals surface area contributed by atoms with E-state index in [-0.39, 0.29) is 24.0 Å². The Bertz CT molecular complexity index is 1260. The number of anilines is 1. The van der Waals surface area contributed by atoms with Crippen LogP contribution in [0.5, 0.6) is 5.75 Å². The van der Waals surface area contributed by atoms with Crippen molar-refractivity contribution in [3.8, 4) is 28.3 Å². The third-order valence-electron chi connectivity index (χ3n) is 4.95. The van der Waals surface area contributed by atoms with Crippen molar-refractivity contribution in [2.45, 2.75) is 19.8 Å². The van der Waals surface area contributed by atoms with Gasteiger partial charge in [0, 0.05) is 12.6 Å². The molecule has 2 aromatic carbocycles. The number of nitrogens with zero attached hydrogens (tertiary/aromatic N) is 4. The number of methoxy groups -OCH3 is 1. The molecule has 2 heterocycles. The van der Waals surface area contributed by atoms with Crippen LogP contribution >= 0.6 is 12.4 Å². The highest BCUT2D eigenvalue weighted by Gasteiger charge is 2.19. The molecule has 0 unspecified atom stereocenters. The number of benzene rings is 2. The molecule has 0 atom stereocenters.